The number of carbonyl (C=O) groups excluding carboxylic acids is 1. The number of nitrogens with one attached hydrogen (secondary N) is 1. The van der Waals surface area contributed by atoms with Crippen LogP contribution in [0.4, 0.5) is 0 Å². The van der Waals surface area contributed by atoms with Crippen LogP contribution in [0.15, 0.2) is 53.6 Å². The van der Waals surface area contributed by atoms with Crippen LogP contribution >= 0.6 is 0 Å². The first-order chi connectivity index (χ1) is 10.5. The lowest BCUT2D eigenvalue weighted by atomic mass is 10.00. The maximum absolute atomic E-state index is 12.0. The highest BCUT2D eigenvalue weighted by Gasteiger charge is 2.08. The van der Waals surface area contributed by atoms with Gasteiger partial charge in [0.05, 0.1) is 5.03 Å². The maximum Gasteiger partial charge on any atom is 0.150 e. The predicted octanol–water partition coefficient (Wildman–Crippen LogP) is 3.28. The number of aromatic amines is 1. The van der Waals surface area contributed by atoms with Crippen LogP contribution in [0, 0.1) is 0 Å². The smallest absolute Gasteiger partial charge is 0.150 e. The van der Waals surface area contributed by atoms with Gasteiger partial charge in [0, 0.05) is 32.2 Å². The average molecular weight is 311 g/mol. The first-order valence-corrected chi connectivity index (χ1v) is 9.08. The molecule has 1 N–H and O–H groups in total. The van der Waals surface area contributed by atoms with Crippen LogP contribution in [0.3, 0.4) is 0 Å². The summed E-state index contributed by atoms with van der Waals surface area (Å²) < 4.78 is 12.0. The Morgan fingerprint density at radius 2 is 1.95 bits per heavy atom. The third-order valence-electron chi connectivity index (χ3n) is 3.70. The van der Waals surface area contributed by atoms with Gasteiger partial charge in [-0.3, -0.25) is 9.00 Å². The molecule has 0 aliphatic rings. The van der Waals surface area contributed by atoms with E-state index in [0.29, 0.717) is 17.0 Å². The molecule has 2 aromatic carbocycles. The Kier molecular flexibility index (Phi) is 3.62. The van der Waals surface area contributed by atoms with E-state index < -0.39 is 9.52 Å². The zero-order chi connectivity index (χ0) is 15.7. The molecule has 1 atom stereocenters. The number of hydrogen-bond acceptors (Lipinski definition) is 2. The number of aromatic nitrogens is 1. The molecule has 112 valence electrons. The average Bonchev–Trinajstić information content (AvgIpc) is 2.91. The lowest BCUT2D eigenvalue weighted by molar-refractivity contribution is 0.112. The minimum absolute atomic E-state index is 0.660. The number of H-pyrrole nitrogens is 1. The van der Waals surface area contributed by atoms with Gasteiger partial charge in [-0.2, -0.15) is 0 Å². The summed E-state index contributed by atoms with van der Waals surface area (Å²) in [6.07, 6.45) is 3.20. The molecule has 3 nitrogen and oxygen atoms in total. The molecule has 3 rings (SSSR count). The molecule has 0 amide bonds. The molecule has 0 aliphatic carbocycles. The Morgan fingerprint density at radius 3 is 2.68 bits per heavy atom. The molecule has 4 heteroatoms. The Morgan fingerprint density at radius 1 is 1.18 bits per heavy atom. The first-order valence-electron chi connectivity index (χ1n) is 6.94. The number of rotatable bonds is 4. The molecule has 1 aromatic heterocycles. The number of aldehydes is 1. The summed E-state index contributed by atoms with van der Waals surface area (Å²) in [5, 5.41) is 1.67. The van der Waals surface area contributed by atoms with E-state index in [1.165, 1.54) is 0 Å². The third kappa shape index (κ3) is 2.83. The molecule has 0 fully saturated rings. The summed E-state index contributed by atoms with van der Waals surface area (Å²) in [6.45, 7) is 0. The van der Waals surface area contributed by atoms with Crippen molar-refractivity contribution in [1.29, 1.82) is 0 Å². The normalized spacial score (nSPS) is 13.9. The van der Waals surface area contributed by atoms with Gasteiger partial charge in [0.15, 0.2) is 0 Å². The van der Waals surface area contributed by atoms with Gasteiger partial charge >= 0.3 is 0 Å². The lowest BCUT2D eigenvalue weighted by Crippen LogP contribution is -1.95. The molecule has 1 unspecified atom stereocenters. The molecule has 0 bridgehead atoms. The Bertz CT molecular complexity index is 952. The first kappa shape index (κ1) is 14.6. The van der Waals surface area contributed by atoms with Gasteiger partial charge < -0.3 is 4.98 Å². The van der Waals surface area contributed by atoms with E-state index in [1.807, 2.05) is 42.5 Å². The second-order valence-electron chi connectivity index (χ2n) is 5.55. The van der Waals surface area contributed by atoms with Gasteiger partial charge in [0.2, 0.25) is 0 Å². The third-order valence-corrected chi connectivity index (χ3v) is 4.85. The molecule has 0 saturated heterocycles. The molecule has 1 heterocycles. The van der Waals surface area contributed by atoms with Crippen LogP contribution < -0.4 is 0 Å². The number of hydrogen-bond donors (Lipinski definition) is 1. The van der Waals surface area contributed by atoms with Crippen LogP contribution in [0.1, 0.15) is 21.5 Å². The van der Waals surface area contributed by atoms with E-state index in [-0.39, 0.29) is 0 Å². The SMILES string of the molecule is C=S(C)(=O)c1cc2cc(Cc3ccccc3C=O)ccc2[nH]1. The van der Waals surface area contributed by atoms with Crippen molar-refractivity contribution in [2.45, 2.75) is 11.4 Å². The van der Waals surface area contributed by atoms with Crippen LogP contribution in [0.25, 0.3) is 10.9 Å². The molecule has 0 saturated carbocycles. The van der Waals surface area contributed by atoms with Crippen molar-refractivity contribution in [3.8, 4) is 0 Å². The van der Waals surface area contributed by atoms with E-state index >= 15 is 0 Å². The van der Waals surface area contributed by atoms with Crippen LogP contribution in [0.5, 0.6) is 0 Å². The number of fused-ring (bicyclic) bond motifs is 1. The zero-order valence-corrected chi connectivity index (χ0v) is 13.2. The minimum Gasteiger partial charge on any atom is -0.348 e. The highest BCUT2D eigenvalue weighted by Crippen LogP contribution is 2.22. The topological polar surface area (TPSA) is 49.9 Å². The summed E-state index contributed by atoms with van der Waals surface area (Å²) in [4.78, 5) is 14.3. The fourth-order valence-electron chi connectivity index (χ4n) is 2.53. The molecule has 0 spiro atoms. The Labute approximate surface area is 130 Å². The van der Waals surface area contributed by atoms with E-state index in [2.05, 4.69) is 16.9 Å². The number of carbonyl (C=O) groups is 1. The molecule has 3 aromatic rings. The molecular formula is C18H17NO2S. The molecule has 0 aliphatic heterocycles. The largest absolute Gasteiger partial charge is 0.348 e. The summed E-state index contributed by atoms with van der Waals surface area (Å²) in [7, 11) is -2.25. The second-order valence-corrected chi connectivity index (χ2v) is 8.00. The number of benzene rings is 2. The Balaban J connectivity index is 2.00. The van der Waals surface area contributed by atoms with E-state index in [9.17, 15) is 9.00 Å². The van der Waals surface area contributed by atoms with E-state index in [4.69, 9.17) is 0 Å². The zero-order valence-electron chi connectivity index (χ0n) is 12.3. The van der Waals surface area contributed by atoms with Crippen molar-refractivity contribution < 1.29 is 9.00 Å². The fourth-order valence-corrected chi connectivity index (χ4v) is 3.23. The predicted molar refractivity (Wildman–Crippen MR) is 92.4 cm³/mol. The van der Waals surface area contributed by atoms with Crippen LogP contribution in [-0.2, 0) is 15.9 Å². The van der Waals surface area contributed by atoms with Gasteiger partial charge in [0.1, 0.15) is 6.29 Å². The standard InChI is InChI=1S/C18H17NO2S/c1-22(2,21)18-11-16-10-13(7-8-17(16)19-18)9-14-5-3-4-6-15(14)12-20/h3-8,10-12,19H,1,9H2,2H3. The van der Waals surface area contributed by atoms with Crippen LogP contribution in [-0.4, -0.2) is 27.6 Å². The second kappa shape index (κ2) is 5.46. The monoisotopic (exact) mass is 311 g/mol. The summed E-state index contributed by atoms with van der Waals surface area (Å²) in [5.41, 5.74) is 3.77. The Hall–Kier alpha value is -2.33. The van der Waals surface area contributed by atoms with Gasteiger partial charge in [0.25, 0.3) is 0 Å². The molecule has 22 heavy (non-hydrogen) atoms. The van der Waals surface area contributed by atoms with Crippen molar-refractivity contribution in [3.63, 3.8) is 0 Å². The highest BCUT2D eigenvalue weighted by atomic mass is 32.2. The minimum atomic E-state index is -2.25. The fraction of sp³-hybridized carbons (Fsp3) is 0.111. The van der Waals surface area contributed by atoms with Gasteiger partial charge in [-0.05, 0) is 41.6 Å². The summed E-state index contributed by atoms with van der Waals surface area (Å²) >= 11 is 0. The van der Waals surface area contributed by atoms with Crippen molar-refractivity contribution in [3.05, 3.63) is 65.2 Å². The maximum atomic E-state index is 12.0. The van der Waals surface area contributed by atoms with Crippen molar-refractivity contribution >= 4 is 32.6 Å². The van der Waals surface area contributed by atoms with Crippen molar-refractivity contribution in [1.82, 2.24) is 4.98 Å². The van der Waals surface area contributed by atoms with Gasteiger partial charge in [-0.15, -0.1) is 0 Å². The molecule has 0 radical (unpaired) electrons. The van der Waals surface area contributed by atoms with Crippen molar-refractivity contribution in [2.24, 2.45) is 0 Å². The van der Waals surface area contributed by atoms with Gasteiger partial charge in [-0.25, -0.2) is 0 Å². The summed E-state index contributed by atoms with van der Waals surface area (Å²) in [5.74, 6) is 3.71. The van der Waals surface area contributed by atoms with Crippen LogP contribution in [0.2, 0.25) is 0 Å². The van der Waals surface area contributed by atoms with E-state index in [0.717, 1.165) is 28.3 Å². The van der Waals surface area contributed by atoms with Gasteiger partial charge in [-0.1, -0.05) is 30.3 Å². The van der Waals surface area contributed by atoms with E-state index in [1.54, 1.807) is 6.26 Å². The highest BCUT2D eigenvalue weighted by molar-refractivity contribution is 7.99. The quantitative estimate of drug-likeness (QED) is 0.594. The summed E-state index contributed by atoms with van der Waals surface area (Å²) in [6, 6.07) is 15.5. The lowest BCUT2D eigenvalue weighted by Gasteiger charge is -2.05. The van der Waals surface area contributed by atoms with Crippen molar-refractivity contribution in [2.75, 3.05) is 6.26 Å². The molecular weight excluding hydrogens is 294 g/mol.